The Morgan fingerprint density at radius 1 is 1.19 bits per heavy atom. The van der Waals surface area contributed by atoms with Crippen LogP contribution in [0.1, 0.15) is 5.56 Å². The Morgan fingerprint density at radius 3 is 2.44 bits per heavy atom. The fourth-order valence-electron chi connectivity index (χ4n) is 1.07. The summed E-state index contributed by atoms with van der Waals surface area (Å²) in [5, 5.41) is 7.79. The number of hydrazone groups is 2. The van der Waals surface area contributed by atoms with E-state index in [0.29, 0.717) is 0 Å². The van der Waals surface area contributed by atoms with Gasteiger partial charge in [0.25, 0.3) is 0 Å². The van der Waals surface area contributed by atoms with Gasteiger partial charge in [0.05, 0.1) is 11.8 Å². The third-order valence-corrected chi connectivity index (χ3v) is 2.21. The van der Waals surface area contributed by atoms with Gasteiger partial charge in [-0.05, 0) is 24.0 Å². The summed E-state index contributed by atoms with van der Waals surface area (Å²) >= 11 is 1.52. The van der Waals surface area contributed by atoms with Crippen LogP contribution in [0.4, 0.5) is 5.69 Å². The van der Waals surface area contributed by atoms with E-state index in [1.165, 1.54) is 17.4 Å². The molecule has 5 heteroatoms. The van der Waals surface area contributed by atoms with Gasteiger partial charge < -0.3 is 4.90 Å². The summed E-state index contributed by atoms with van der Waals surface area (Å²) in [5.41, 5.74) is 6.48. The highest BCUT2D eigenvalue weighted by Crippen LogP contribution is 2.10. The number of nitrogens with zero attached hydrogens (tertiary/aromatic N) is 3. The number of thioether (sulfide) groups is 1. The third kappa shape index (κ3) is 4.35. The smallest absolute Gasteiger partial charge is 0.0815 e. The Kier molecular flexibility index (Phi) is 5.42. The molecule has 0 spiro atoms. The molecule has 1 aromatic rings. The van der Waals surface area contributed by atoms with Crippen molar-refractivity contribution < 1.29 is 0 Å². The standard InChI is InChI=1S/C11H16N4S/c1-15(2)11-6-4-10(5-7-11)8-12-14-13-9-16-3/h4-9,14H,1-3H3. The van der Waals surface area contributed by atoms with Gasteiger partial charge in [-0.25, -0.2) is 0 Å². The number of nitrogens with one attached hydrogen (secondary N) is 1. The van der Waals surface area contributed by atoms with Crippen molar-refractivity contribution in [2.75, 3.05) is 25.3 Å². The second kappa shape index (κ2) is 6.90. The van der Waals surface area contributed by atoms with E-state index in [0.717, 1.165) is 5.56 Å². The first kappa shape index (κ1) is 12.6. The van der Waals surface area contributed by atoms with Crippen LogP contribution in [-0.4, -0.2) is 32.1 Å². The third-order valence-electron chi connectivity index (χ3n) is 1.90. The molecular formula is C11H16N4S. The predicted octanol–water partition coefficient (Wildman–Crippen LogP) is 1.98. The molecule has 0 saturated heterocycles. The van der Waals surface area contributed by atoms with Crippen LogP contribution >= 0.6 is 11.8 Å². The summed E-state index contributed by atoms with van der Waals surface area (Å²) < 4.78 is 0. The second-order valence-corrected chi connectivity index (χ2v) is 4.00. The highest BCUT2D eigenvalue weighted by Gasteiger charge is 1.93. The van der Waals surface area contributed by atoms with Gasteiger partial charge >= 0.3 is 0 Å². The SMILES string of the molecule is CSC=NNN=Cc1ccc(N(C)C)cc1. The topological polar surface area (TPSA) is 40.0 Å². The van der Waals surface area contributed by atoms with Crippen molar-refractivity contribution in [1.29, 1.82) is 0 Å². The van der Waals surface area contributed by atoms with Crippen molar-refractivity contribution >= 4 is 29.2 Å². The van der Waals surface area contributed by atoms with E-state index >= 15 is 0 Å². The van der Waals surface area contributed by atoms with E-state index < -0.39 is 0 Å². The van der Waals surface area contributed by atoms with Crippen LogP contribution in [-0.2, 0) is 0 Å². The van der Waals surface area contributed by atoms with Gasteiger partial charge in [-0.3, -0.25) is 0 Å². The van der Waals surface area contributed by atoms with Crippen LogP contribution in [0.5, 0.6) is 0 Å². The zero-order valence-corrected chi connectivity index (χ0v) is 10.5. The molecule has 86 valence electrons. The lowest BCUT2D eigenvalue weighted by atomic mass is 10.2. The molecule has 0 radical (unpaired) electrons. The molecule has 1 N–H and O–H groups in total. The second-order valence-electron chi connectivity index (χ2n) is 3.31. The molecule has 16 heavy (non-hydrogen) atoms. The van der Waals surface area contributed by atoms with E-state index in [4.69, 9.17) is 0 Å². The summed E-state index contributed by atoms with van der Waals surface area (Å²) in [6, 6.07) is 8.12. The Hall–Kier alpha value is -1.49. The van der Waals surface area contributed by atoms with Gasteiger partial charge in [-0.15, -0.1) is 11.8 Å². The highest BCUT2D eigenvalue weighted by molar-refractivity contribution is 8.11. The van der Waals surface area contributed by atoms with Crippen LogP contribution in [0.2, 0.25) is 0 Å². The fraction of sp³-hybridized carbons (Fsp3) is 0.273. The molecule has 0 aliphatic heterocycles. The lowest BCUT2D eigenvalue weighted by Crippen LogP contribution is -2.08. The number of hydrogen-bond donors (Lipinski definition) is 1. The number of anilines is 1. The van der Waals surface area contributed by atoms with E-state index in [1.54, 1.807) is 11.8 Å². The Morgan fingerprint density at radius 2 is 1.88 bits per heavy atom. The minimum absolute atomic E-state index is 1.04. The minimum Gasteiger partial charge on any atom is -0.378 e. The average molecular weight is 236 g/mol. The maximum Gasteiger partial charge on any atom is 0.0815 e. The quantitative estimate of drug-likeness (QED) is 0.483. The van der Waals surface area contributed by atoms with Crippen LogP contribution in [0.15, 0.2) is 34.5 Å². The van der Waals surface area contributed by atoms with E-state index in [-0.39, 0.29) is 0 Å². The molecule has 0 unspecified atom stereocenters. The maximum absolute atomic E-state index is 3.95. The highest BCUT2D eigenvalue weighted by atomic mass is 32.2. The van der Waals surface area contributed by atoms with Crippen LogP contribution in [0.3, 0.4) is 0 Å². The molecule has 0 bridgehead atoms. The summed E-state index contributed by atoms with van der Waals surface area (Å²) in [4.78, 5) is 2.06. The Balaban J connectivity index is 2.51. The van der Waals surface area contributed by atoms with Crippen LogP contribution in [0.25, 0.3) is 0 Å². The minimum atomic E-state index is 1.04. The van der Waals surface area contributed by atoms with Gasteiger partial charge in [-0.1, -0.05) is 12.1 Å². The first-order valence-electron chi connectivity index (χ1n) is 4.84. The molecular weight excluding hydrogens is 220 g/mol. The molecule has 0 fully saturated rings. The largest absolute Gasteiger partial charge is 0.378 e. The lowest BCUT2D eigenvalue weighted by molar-refractivity contribution is 0.821. The summed E-state index contributed by atoms with van der Waals surface area (Å²) in [6.07, 6.45) is 3.67. The fourth-order valence-corrected chi connectivity index (χ4v) is 1.22. The van der Waals surface area contributed by atoms with Crippen molar-refractivity contribution in [3.8, 4) is 0 Å². The van der Waals surface area contributed by atoms with Crippen molar-refractivity contribution in [2.45, 2.75) is 0 Å². The monoisotopic (exact) mass is 236 g/mol. The van der Waals surface area contributed by atoms with Crippen LogP contribution in [0, 0.1) is 0 Å². The first-order chi connectivity index (χ1) is 7.74. The molecule has 0 aromatic heterocycles. The van der Waals surface area contributed by atoms with Gasteiger partial charge in [0, 0.05) is 19.8 Å². The molecule has 0 heterocycles. The molecule has 1 rings (SSSR count). The molecule has 0 aliphatic carbocycles. The van der Waals surface area contributed by atoms with Gasteiger partial charge in [-0.2, -0.15) is 15.7 Å². The summed E-state index contributed by atoms with van der Waals surface area (Å²) in [5.74, 6) is 0. The molecule has 0 atom stereocenters. The number of benzene rings is 1. The van der Waals surface area contributed by atoms with Crippen LogP contribution < -0.4 is 10.4 Å². The van der Waals surface area contributed by atoms with Crippen molar-refractivity contribution in [2.24, 2.45) is 10.2 Å². The summed E-state index contributed by atoms with van der Waals surface area (Å²) in [7, 11) is 4.03. The van der Waals surface area contributed by atoms with Crippen molar-refractivity contribution in [3.05, 3.63) is 29.8 Å². The molecule has 0 aliphatic rings. The van der Waals surface area contributed by atoms with Gasteiger partial charge in [0.2, 0.25) is 0 Å². The van der Waals surface area contributed by atoms with Gasteiger partial charge in [0.1, 0.15) is 0 Å². The van der Waals surface area contributed by atoms with E-state index in [9.17, 15) is 0 Å². The van der Waals surface area contributed by atoms with Crippen molar-refractivity contribution in [3.63, 3.8) is 0 Å². The average Bonchev–Trinajstić information content (AvgIpc) is 2.29. The van der Waals surface area contributed by atoms with E-state index in [2.05, 4.69) is 20.6 Å². The van der Waals surface area contributed by atoms with Gasteiger partial charge in [0.15, 0.2) is 0 Å². The summed E-state index contributed by atoms with van der Waals surface area (Å²) in [6.45, 7) is 0. The van der Waals surface area contributed by atoms with E-state index in [1.807, 2.05) is 44.6 Å². The predicted molar refractivity (Wildman–Crippen MR) is 73.5 cm³/mol. The first-order valence-corrected chi connectivity index (χ1v) is 6.12. The zero-order chi connectivity index (χ0) is 11.8. The maximum atomic E-state index is 3.95. The zero-order valence-electron chi connectivity index (χ0n) is 9.71. The number of hydrogen-bond acceptors (Lipinski definition) is 5. The molecule has 1 aromatic carbocycles. The molecule has 0 amide bonds. The Labute approximate surface area is 100 Å². The number of rotatable bonds is 5. The normalized spacial score (nSPS) is 11.2. The molecule has 4 nitrogen and oxygen atoms in total. The molecule has 0 saturated carbocycles. The lowest BCUT2D eigenvalue weighted by Gasteiger charge is -2.11. The Bertz CT molecular complexity index is 357. The van der Waals surface area contributed by atoms with Crippen molar-refractivity contribution in [1.82, 2.24) is 5.53 Å².